The standard InChI is InChI=1S/C15H17NO3/c1-9-7-11(19-4)8-12-10(2)13(5-6-14(17)18)16(3)15(9)12/h5-8H,1-4H3,(H,17,18)/b6-5+. The summed E-state index contributed by atoms with van der Waals surface area (Å²) >= 11 is 0. The van der Waals surface area contributed by atoms with Crippen LogP contribution in [0.2, 0.25) is 0 Å². The maximum absolute atomic E-state index is 10.7. The molecule has 0 saturated heterocycles. The molecule has 4 nitrogen and oxygen atoms in total. The second kappa shape index (κ2) is 4.80. The zero-order valence-corrected chi connectivity index (χ0v) is 11.5. The Morgan fingerprint density at radius 1 is 1.37 bits per heavy atom. The number of hydrogen-bond acceptors (Lipinski definition) is 2. The van der Waals surface area contributed by atoms with Gasteiger partial charge < -0.3 is 14.4 Å². The van der Waals surface area contributed by atoms with Gasteiger partial charge in [-0.25, -0.2) is 4.79 Å². The van der Waals surface area contributed by atoms with Gasteiger partial charge in [-0.15, -0.1) is 0 Å². The Balaban J connectivity index is 2.74. The molecule has 1 heterocycles. The molecule has 0 aliphatic rings. The molecule has 1 aromatic heterocycles. The number of carboxylic acids is 1. The first kappa shape index (κ1) is 13.2. The van der Waals surface area contributed by atoms with Crippen LogP contribution in [0.5, 0.6) is 5.75 Å². The van der Waals surface area contributed by atoms with Crippen molar-refractivity contribution >= 4 is 22.9 Å². The van der Waals surface area contributed by atoms with Crippen LogP contribution in [0.1, 0.15) is 16.8 Å². The summed E-state index contributed by atoms with van der Waals surface area (Å²) < 4.78 is 7.30. The number of aryl methyl sites for hydroxylation is 3. The van der Waals surface area contributed by atoms with Gasteiger partial charge in [0.2, 0.25) is 0 Å². The molecule has 0 saturated carbocycles. The number of aliphatic carboxylic acids is 1. The third-order valence-corrected chi connectivity index (χ3v) is 3.38. The summed E-state index contributed by atoms with van der Waals surface area (Å²) in [7, 11) is 3.58. The fraction of sp³-hybridized carbons (Fsp3) is 0.267. The molecule has 0 unspecified atom stereocenters. The van der Waals surface area contributed by atoms with Crippen LogP contribution in [0, 0.1) is 13.8 Å². The highest BCUT2D eigenvalue weighted by Gasteiger charge is 2.13. The van der Waals surface area contributed by atoms with Gasteiger partial charge in [-0.2, -0.15) is 0 Å². The fourth-order valence-corrected chi connectivity index (χ4v) is 2.49. The Morgan fingerprint density at radius 3 is 2.63 bits per heavy atom. The first-order valence-corrected chi connectivity index (χ1v) is 6.00. The molecule has 19 heavy (non-hydrogen) atoms. The highest BCUT2D eigenvalue weighted by Crippen LogP contribution is 2.31. The summed E-state index contributed by atoms with van der Waals surface area (Å²) in [6.45, 7) is 4.01. The summed E-state index contributed by atoms with van der Waals surface area (Å²) in [4.78, 5) is 10.7. The van der Waals surface area contributed by atoms with Gasteiger partial charge in [-0.1, -0.05) is 0 Å². The summed E-state index contributed by atoms with van der Waals surface area (Å²) in [5.41, 5.74) is 4.16. The van der Waals surface area contributed by atoms with Crippen molar-refractivity contribution in [3.05, 3.63) is 35.0 Å². The number of hydrogen-bond donors (Lipinski definition) is 1. The maximum atomic E-state index is 10.7. The zero-order chi connectivity index (χ0) is 14.2. The molecule has 2 rings (SSSR count). The number of fused-ring (bicyclic) bond motifs is 1. The minimum atomic E-state index is -0.945. The molecule has 1 aromatic carbocycles. The Morgan fingerprint density at radius 2 is 2.05 bits per heavy atom. The number of ether oxygens (including phenoxy) is 1. The smallest absolute Gasteiger partial charge is 0.328 e. The van der Waals surface area contributed by atoms with Crippen molar-refractivity contribution in [1.29, 1.82) is 0 Å². The lowest BCUT2D eigenvalue weighted by Crippen LogP contribution is -1.94. The second-order valence-corrected chi connectivity index (χ2v) is 4.58. The average Bonchev–Trinajstić information content (AvgIpc) is 2.59. The van der Waals surface area contributed by atoms with E-state index in [1.165, 1.54) is 0 Å². The highest BCUT2D eigenvalue weighted by molar-refractivity contribution is 5.93. The predicted octanol–water partition coefficient (Wildman–Crippen LogP) is 2.90. The molecule has 0 spiro atoms. The van der Waals surface area contributed by atoms with Crippen molar-refractivity contribution in [3.63, 3.8) is 0 Å². The first-order valence-electron chi connectivity index (χ1n) is 6.00. The number of nitrogens with zero attached hydrogens (tertiary/aromatic N) is 1. The third kappa shape index (κ3) is 2.21. The van der Waals surface area contributed by atoms with Gasteiger partial charge in [-0.3, -0.25) is 0 Å². The van der Waals surface area contributed by atoms with Crippen LogP contribution in [-0.4, -0.2) is 22.8 Å². The zero-order valence-electron chi connectivity index (χ0n) is 11.5. The van der Waals surface area contributed by atoms with Gasteiger partial charge in [0.25, 0.3) is 0 Å². The van der Waals surface area contributed by atoms with Gasteiger partial charge >= 0.3 is 5.97 Å². The van der Waals surface area contributed by atoms with E-state index in [2.05, 4.69) is 0 Å². The fourth-order valence-electron chi connectivity index (χ4n) is 2.49. The quantitative estimate of drug-likeness (QED) is 0.862. The van der Waals surface area contributed by atoms with Crippen LogP contribution in [0.15, 0.2) is 18.2 Å². The minimum absolute atomic E-state index is 0.812. The summed E-state index contributed by atoms with van der Waals surface area (Å²) in [6.07, 6.45) is 2.79. The van der Waals surface area contributed by atoms with E-state index in [4.69, 9.17) is 9.84 Å². The normalized spacial score (nSPS) is 11.4. The van der Waals surface area contributed by atoms with E-state index in [0.29, 0.717) is 0 Å². The highest BCUT2D eigenvalue weighted by atomic mass is 16.5. The van der Waals surface area contributed by atoms with Crippen LogP contribution >= 0.6 is 0 Å². The van der Waals surface area contributed by atoms with Crippen molar-refractivity contribution in [1.82, 2.24) is 4.57 Å². The van der Waals surface area contributed by atoms with Gasteiger partial charge in [-0.05, 0) is 43.2 Å². The van der Waals surface area contributed by atoms with Crippen molar-refractivity contribution in [2.24, 2.45) is 7.05 Å². The Hall–Kier alpha value is -2.23. The van der Waals surface area contributed by atoms with E-state index in [0.717, 1.165) is 39.5 Å². The lowest BCUT2D eigenvalue weighted by molar-refractivity contribution is -0.131. The third-order valence-electron chi connectivity index (χ3n) is 3.38. The minimum Gasteiger partial charge on any atom is -0.497 e. The maximum Gasteiger partial charge on any atom is 0.328 e. The van der Waals surface area contributed by atoms with Crippen LogP contribution in [0.4, 0.5) is 0 Å². The molecule has 0 amide bonds. The number of aromatic nitrogens is 1. The Kier molecular flexibility index (Phi) is 3.34. The molecule has 1 N–H and O–H groups in total. The SMILES string of the molecule is COc1cc(C)c2c(c1)c(C)c(/C=C/C(=O)O)n2C. The van der Waals surface area contributed by atoms with Crippen LogP contribution in [0.3, 0.4) is 0 Å². The summed E-state index contributed by atoms with van der Waals surface area (Å²) in [6, 6.07) is 3.96. The molecule has 0 aliphatic carbocycles. The van der Waals surface area contributed by atoms with E-state index >= 15 is 0 Å². The molecular weight excluding hydrogens is 242 g/mol. The van der Waals surface area contributed by atoms with Crippen molar-refractivity contribution in [2.75, 3.05) is 7.11 Å². The van der Waals surface area contributed by atoms with E-state index in [1.54, 1.807) is 13.2 Å². The van der Waals surface area contributed by atoms with Crippen molar-refractivity contribution in [3.8, 4) is 5.75 Å². The van der Waals surface area contributed by atoms with Gasteiger partial charge in [0.05, 0.1) is 12.6 Å². The first-order chi connectivity index (χ1) is 8.95. The molecule has 2 aromatic rings. The predicted molar refractivity (Wildman–Crippen MR) is 75.6 cm³/mol. The molecule has 100 valence electrons. The molecule has 0 radical (unpaired) electrons. The van der Waals surface area contributed by atoms with Crippen molar-refractivity contribution < 1.29 is 14.6 Å². The van der Waals surface area contributed by atoms with E-state index < -0.39 is 5.97 Å². The van der Waals surface area contributed by atoms with Gasteiger partial charge in [0, 0.05) is 24.2 Å². The Labute approximate surface area is 111 Å². The molecule has 0 bridgehead atoms. The molecular formula is C15H17NO3. The van der Waals surface area contributed by atoms with Crippen LogP contribution < -0.4 is 4.74 Å². The average molecular weight is 259 g/mol. The number of rotatable bonds is 3. The largest absolute Gasteiger partial charge is 0.497 e. The monoisotopic (exact) mass is 259 g/mol. The molecule has 0 fully saturated rings. The van der Waals surface area contributed by atoms with E-state index in [-0.39, 0.29) is 0 Å². The van der Waals surface area contributed by atoms with Gasteiger partial charge in [0.1, 0.15) is 5.75 Å². The number of carbonyl (C=O) groups is 1. The van der Waals surface area contributed by atoms with Crippen LogP contribution in [-0.2, 0) is 11.8 Å². The molecule has 0 atom stereocenters. The molecule has 0 aliphatic heterocycles. The summed E-state index contributed by atoms with van der Waals surface area (Å²) in [5.74, 6) is -0.133. The Bertz CT molecular complexity index is 680. The number of carboxylic acid groups (broad SMARTS) is 1. The van der Waals surface area contributed by atoms with Crippen LogP contribution in [0.25, 0.3) is 17.0 Å². The number of benzene rings is 1. The molecule has 4 heteroatoms. The second-order valence-electron chi connectivity index (χ2n) is 4.58. The van der Waals surface area contributed by atoms with E-state index in [1.807, 2.05) is 37.6 Å². The van der Waals surface area contributed by atoms with Crippen molar-refractivity contribution in [2.45, 2.75) is 13.8 Å². The summed E-state index contributed by atoms with van der Waals surface area (Å²) in [5, 5.41) is 9.84. The van der Waals surface area contributed by atoms with Gasteiger partial charge in [0.15, 0.2) is 0 Å². The number of methoxy groups -OCH3 is 1. The lowest BCUT2D eigenvalue weighted by Gasteiger charge is -2.05. The lowest BCUT2D eigenvalue weighted by atomic mass is 10.1. The topological polar surface area (TPSA) is 51.5 Å². The van der Waals surface area contributed by atoms with E-state index in [9.17, 15) is 4.79 Å².